The predicted molar refractivity (Wildman–Crippen MR) is 163 cm³/mol. The fourth-order valence-corrected chi connectivity index (χ4v) is 6.35. The summed E-state index contributed by atoms with van der Waals surface area (Å²) in [5.41, 5.74) is 1.53. The second kappa shape index (κ2) is 11.7. The first-order valence-corrected chi connectivity index (χ1v) is 15.3. The highest BCUT2D eigenvalue weighted by Crippen LogP contribution is 2.26. The first kappa shape index (κ1) is 29.5. The van der Waals surface area contributed by atoms with E-state index in [1.54, 1.807) is 92.5 Å². The quantitative estimate of drug-likeness (QED) is 0.296. The maximum absolute atomic E-state index is 13.3. The van der Waals surface area contributed by atoms with Crippen LogP contribution in [0, 0.1) is 0 Å². The summed E-state index contributed by atoms with van der Waals surface area (Å²) < 4.78 is 33.3. The molecule has 218 valence electrons. The molecule has 1 aliphatic rings. The van der Waals surface area contributed by atoms with Gasteiger partial charge < -0.3 is 9.64 Å². The molecular weight excluding hydrogens is 576 g/mol. The number of sulfonamides is 1. The Kier molecular flexibility index (Phi) is 8.23. The Labute approximate surface area is 250 Å². The summed E-state index contributed by atoms with van der Waals surface area (Å²) in [6.45, 7) is 6.32. The largest absolute Gasteiger partial charge is 0.444 e. The van der Waals surface area contributed by atoms with Crippen LogP contribution in [0.4, 0.5) is 10.6 Å². The van der Waals surface area contributed by atoms with Gasteiger partial charge in [0.15, 0.2) is 0 Å². The van der Waals surface area contributed by atoms with Crippen molar-refractivity contribution in [3.8, 4) is 11.1 Å². The van der Waals surface area contributed by atoms with Gasteiger partial charge in [0.25, 0.3) is 5.91 Å². The molecule has 1 aliphatic heterocycles. The van der Waals surface area contributed by atoms with Crippen LogP contribution in [0.1, 0.15) is 31.1 Å². The number of amides is 2. The van der Waals surface area contributed by atoms with Crippen molar-refractivity contribution in [2.75, 3.05) is 31.5 Å². The molecule has 0 radical (unpaired) electrons. The van der Waals surface area contributed by atoms with E-state index in [0.29, 0.717) is 16.4 Å². The standard InChI is InChI=1S/C31H31ClN4O5S/c1-31(2,3)41-30(38)34-28-20-25(12-13-33-28)21-4-6-22(7-5-21)29(37)35-14-16-36(17-15-35)42(39,40)27-11-9-23-18-26(32)10-8-24(23)19-27/h4-13,18-20H,14-17H2,1-3H3,(H,33,34,38). The number of hydrogen-bond acceptors (Lipinski definition) is 6. The van der Waals surface area contributed by atoms with E-state index < -0.39 is 21.7 Å². The summed E-state index contributed by atoms with van der Waals surface area (Å²) in [6, 6.07) is 21.0. The fraction of sp³-hybridized carbons (Fsp3) is 0.258. The van der Waals surface area contributed by atoms with Crippen molar-refractivity contribution in [2.45, 2.75) is 31.3 Å². The summed E-state index contributed by atoms with van der Waals surface area (Å²) in [5.74, 6) is 0.186. The Bertz CT molecular complexity index is 1750. The van der Waals surface area contributed by atoms with Crippen LogP contribution < -0.4 is 5.32 Å². The van der Waals surface area contributed by atoms with E-state index in [-0.39, 0.29) is 37.0 Å². The Hall–Kier alpha value is -3.99. The van der Waals surface area contributed by atoms with Crippen LogP contribution >= 0.6 is 11.6 Å². The van der Waals surface area contributed by atoms with Gasteiger partial charge in [0.2, 0.25) is 10.0 Å². The molecule has 42 heavy (non-hydrogen) atoms. The molecule has 0 unspecified atom stereocenters. The fourth-order valence-electron chi connectivity index (χ4n) is 4.71. The Morgan fingerprint density at radius 3 is 2.21 bits per heavy atom. The van der Waals surface area contributed by atoms with Gasteiger partial charge >= 0.3 is 6.09 Å². The van der Waals surface area contributed by atoms with Gasteiger partial charge in [-0.05, 0) is 91.2 Å². The van der Waals surface area contributed by atoms with Crippen molar-refractivity contribution in [3.63, 3.8) is 0 Å². The molecule has 0 atom stereocenters. The number of piperazine rings is 1. The highest BCUT2D eigenvalue weighted by molar-refractivity contribution is 7.89. The van der Waals surface area contributed by atoms with Crippen molar-refractivity contribution in [1.82, 2.24) is 14.2 Å². The molecule has 0 bridgehead atoms. The molecule has 1 fully saturated rings. The van der Waals surface area contributed by atoms with Crippen molar-refractivity contribution >= 4 is 50.2 Å². The predicted octanol–water partition coefficient (Wildman–Crippen LogP) is 6.05. The summed E-state index contributed by atoms with van der Waals surface area (Å²) >= 11 is 6.05. The van der Waals surface area contributed by atoms with Crippen LogP contribution in [-0.4, -0.2) is 66.4 Å². The molecule has 9 nitrogen and oxygen atoms in total. The zero-order valence-corrected chi connectivity index (χ0v) is 25.1. The second-order valence-corrected chi connectivity index (χ2v) is 13.4. The molecule has 4 aromatic rings. The lowest BCUT2D eigenvalue weighted by Gasteiger charge is -2.34. The van der Waals surface area contributed by atoms with Gasteiger partial charge in [0.05, 0.1) is 4.90 Å². The molecule has 0 saturated carbocycles. The Balaban J connectivity index is 1.21. The van der Waals surface area contributed by atoms with Gasteiger partial charge in [0.1, 0.15) is 11.4 Å². The number of carbonyl (C=O) groups is 2. The lowest BCUT2D eigenvalue weighted by molar-refractivity contribution is 0.0634. The number of ether oxygens (including phenoxy) is 1. The third kappa shape index (κ3) is 6.73. The van der Waals surface area contributed by atoms with E-state index in [0.717, 1.165) is 21.9 Å². The average molecular weight is 607 g/mol. The SMILES string of the molecule is CC(C)(C)OC(=O)Nc1cc(-c2ccc(C(=O)N3CCN(S(=O)(=O)c4ccc5cc(Cl)ccc5c4)CC3)cc2)ccn1. The molecule has 1 saturated heterocycles. The molecule has 2 amide bonds. The normalized spacial score (nSPS) is 14.5. The summed E-state index contributed by atoms with van der Waals surface area (Å²) in [5, 5.41) is 4.88. The molecular formula is C31H31ClN4O5S. The minimum absolute atomic E-state index is 0.164. The Morgan fingerprint density at radius 2 is 1.52 bits per heavy atom. The van der Waals surface area contributed by atoms with Gasteiger partial charge in [-0.15, -0.1) is 0 Å². The van der Waals surface area contributed by atoms with Gasteiger partial charge in [-0.1, -0.05) is 35.9 Å². The topological polar surface area (TPSA) is 109 Å². The zero-order valence-electron chi connectivity index (χ0n) is 23.5. The number of nitrogens with zero attached hydrogens (tertiary/aromatic N) is 3. The van der Waals surface area contributed by atoms with E-state index >= 15 is 0 Å². The van der Waals surface area contributed by atoms with Crippen LogP contribution in [0.5, 0.6) is 0 Å². The number of hydrogen-bond donors (Lipinski definition) is 1. The number of pyridine rings is 1. The molecule has 0 aliphatic carbocycles. The van der Waals surface area contributed by atoms with Crippen LogP contribution in [0.3, 0.4) is 0 Å². The number of carbonyl (C=O) groups excluding carboxylic acids is 2. The van der Waals surface area contributed by atoms with Gasteiger partial charge in [-0.25, -0.2) is 18.2 Å². The highest BCUT2D eigenvalue weighted by Gasteiger charge is 2.30. The van der Waals surface area contributed by atoms with E-state index in [9.17, 15) is 18.0 Å². The smallest absolute Gasteiger partial charge is 0.413 e. The van der Waals surface area contributed by atoms with Crippen LogP contribution in [-0.2, 0) is 14.8 Å². The number of rotatable bonds is 5. The van der Waals surface area contributed by atoms with Crippen LogP contribution in [0.25, 0.3) is 21.9 Å². The summed E-state index contributed by atoms with van der Waals surface area (Å²) in [7, 11) is -3.71. The number of fused-ring (bicyclic) bond motifs is 1. The van der Waals surface area contributed by atoms with E-state index in [2.05, 4.69) is 10.3 Å². The van der Waals surface area contributed by atoms with E-state index in [1.165, 1.54) is 4.31 Å². The first-order chi connectivity index (χ1) is 19.9. The molecule has 0 spiro atoms. The maximum atomic E-state index is 13.3. The number of benzene rings is 3. The minimum Gasteiger partial charge on any atom is -0.444 e. The summed E-state index contributed by atoms with van der Waals surface area (Å²) in [6.07, 6.45) is 0.992. The van der Waals surface area contributed by atoms with E-state index in [4.69, 9.17) is 16.3 Å². The molecule has 2 heterocycles. The van der Waals surface area contributed by atoms with Crippen molar-refractivity contribution in [1.29, 1.82) is 0 Å². The van der Waals surface area contributed by atoms with E-state index in [1.807, 2.05) is 12.1 Å². The third-order valence-corrected chi connectivity index (χ3v) is 8.92. The van der Waals surface area contributed by atoms with Crippen molar-refractivity contribution in [3.05, 3.63) is 89.6 Å². The van der Waals surface area contributed by atoms with Gasteiger partial charge in [0, 0.05) is 43.0 Å². The number of halogens is 1. The zero-order chi connectivity index (χ0) is 30.1. The van der Waals surface area contributed by atoms with Crippen molar-refractivity contribution in [2.24, 2.45) is 0 Å². The maximum Gasteiger partial charge on any atom is 0.413 e. The molecule has 1 N–H and O–H groups in total. The number of aromatic nitrogens is 1. The molecule has 5 rings (SSSR count). The minimum atomic E-state index is -3.71. The summed E-state index contributed by atoms with van der Waals surface area (Å²) in [4.78, 5) is 31.4. The van der Waals surface area contributed by atoms with Crippen molar-refractivity contribution < 1.29 is 22.7 Å². The van der Waals surface area contributed by atoms with Crippen LogP contribution in [0.2, 0.25) is 5.02 Å². The van der Waals surface area contributed by atoms with Gasteiger partial charge in [-0.3, -0.25) is 10.1 Å². The highest BCUT2D eigenvalue weighted by atomic mass is 35.5. The molecule has 11 heteroatoms. The number of anilines is 1. The number of nitrogens with one attached hydrogen (secondary N) is 1. The van der Waals surface area contributed by atoms with Gasteiger partial charge in [-0.2, -0.15) is 4.31 Å². The third-order valence-electron chi connectivity index (χ3n) is 6.79. The lowest BCUT2D eigenvalue weighted by Crippen LogP contribution is -2.50. The average Bonchev–Trinajstić information content (AvgIpc) is 2.95. The second-order valence-electron chi connectivity index (χ2n) is 11.0. The molecule has 3 aromatic carbocycles. The Morgan fingerprint density at radius 1 is 0.857 bits per heavy atom. The first-order valence-electron chi connectivity index (χ1n) is 13.4. The van der Waals surface area contributed by atoms with Crippen LogP contribution in [0.15, 0.2) is 83.9 Å². The monoisotopic (exact) mass is 606 g/mol. The molecule has 1 aromatic heterocycles. The lowest BCUT2D eigenvalue weighted by atomic mass is 10.0.